The van der Waals surface area contributed by atoms with Crippen LogP contribution in [0.3, 0.4) is 0 Å². The van der Waals surface area contributed by atoms with E-state index in [9.17, 15) is 4.79 Å². The summed E-state index contributed by atoms with van der Waals surface area (Å²) in [5, 5.41) is 0. The number of hydrogen-bond acceptors (Lipinski definition) is 4. The first-order valence-corrected chi connectivity index (χ1v) is 7.02. The monoisotopic (exact) mass is 272 g/mol. The molecule has 0 saturated carbocycles. The third kappa shape index (κ3) is 8.22. The van der Waals surface area contributed by atoms with Gasteiger partial charge in [0.2, 0.25) is 0 Å². The molecule has 0 aromatic heterocycles. The van der Waals surface area contributed by atoms with Crippen molar-refractivity contribution in [1.82, 2.24) is 9.80 Å². The van der Waals surface area contributed by atoms with Gasteiger partial charge in [0.05, 0.1) is 6.42 Å². The molecular formula is C15H32N2O2. The van der Waals surface area contributed by atoms with Crippen molar-refractivity contribution in [1.29, 1.82) is 0 Å². The Hall–Kier alpha value is -0.610. The zero-order chi connectivity index (χ0) is 15.3. The Labute approximate surface area is 119 Å². The van der Waals surface area contributed by atoms with Crippen LogP contribution in [0.2, 0.25) is 0 Å². The quantitative estimate of drug-likeness (QED) is 0.695. The van der Waals surface area contributed by atoms with Crippen LogP contribution in [0, 0.1) is 0 Å². The highest BCUT2D eigenvalue weighted by atomic mass is 16.5. The van der Waals surface area contributed by atoms with E-state index in [1.54, 1.807) is 0 Å². The molecule has 0 aliphatic rings. The number of ether oxygens (including phenoxy) is 1. The molecule has 0 N–H and O–H groups in total. The molecule has 0 bridgehead atoms. The highest BCUT2D eigenvalue weighted by Crippen LogP contribution is 2.23. The maximum absolute atomic E-state index is 11.6. The van der Waals surface area contributed by atoms with Crippen LogP contribution in [-0.2, 0) is 9.53 Å². The summed E-state index contributed by atoms with van der Waals surface area (Å²) in [6.07, 6.45) is 0.456. The molecule has 0 amide bonds. The molecule has 0 aromatic rings. The predicted octanol–water partition coefficient (Wildman–Crippen LogP) is 2.38. The molecule has 0 unspecified atom stereocenters. The van der Waals surface area contributed by atoms with Gasteiger partial charge in [-0.2, -0.15) is 0 Å². The first-order valence-electron chi connectivity index (χ1n) is 7.02. The van der Waals surface area contributed by atoms with Crippen molar-refractivity contribution in [2.24, 2.45) is 0 Å². The standard InChI is InChI=1S/C15H32N2O2/c1-14(2,3)17(15(4,5)6)11-12-19-13(18)9-10-16(7)8/h9-12H2,1-8H3. The van der Waals surface area contributed by atoms with Gasteiger partial charge in [0.15, 0.2) is 0 Å². The molecule has 0 aliphatic carbocycles. The van der Waals surface area contributed by atoms with Crippen LogP contribution in [0.25, 0.3) is 0 Å². The topological polar surface area (TPSA) is 32.8 Å². The van der Waals surface area contributed by atoms with E-state index in [1.807, 2.05) is 19.0 Å². The van der Waals surface area contributed by atoms with Gasteiger partial charge in [-0.3, -0.25) is 9.69 Å². The number of hydrogen-bond donors (Lipinski definition) is 0. The first-order chi connectivity index (χ1) is 8.44. The van der Waals surface area contributed by atoms with Gasteiger partial charge in [0.1, 0.15) is 6.61 Å². The predicted molar refractivity (Wildman–Crippen MR) is 80.3 cm³/mol. The van der Waals surface area contributed by atoms with Gasteiger partial charge < -0.3 is 9.64 Å². The van der Waals surface area contributed by atoms with Crippen molar-refractivity contribution in [2.75, 3.05) is 33.8 Å². The van der Waals surface area contributed by atoms with E-state index in [1.165, 1.54) is 0 Å². The van der Waals surface area contributed by atoms with E-state index in [-0.39, 0.29) is 17.0 Å². The molecule has 0 aliphatic heterocycles. The van der Waals surface area contributed by atoms with Crippen molar-refractivity contribution >= 4 is 5.97 Å². The third-order valence-corrected chi connectivity index (χ3v) is 2.96. The SMILES string of the molecule is CN(C)CCC(=O)OCCN(C(C)(C)C)C(C)(C)C. The molecule has 0 atom stereocenters. The average Bonchev–Trinajstić information content (AvgIpc) is 2.17. The van der Waals surface area contributed by atoms with Crippen molar-refractivity contribution in [3.05, 3.63) is 0 Å². The summed E-state index contributed by atoms with van der Waals surface area (Å²) >= 11 is 0. The molecule has 114 valence electrons. The highest BCUT2D eigenvalue weighted by Gasteiger charge is 2.31. The molecule has 0 radical (unpaired) electrons. The number of esters is 1. The third-order valence-electron chi connectivity index (χ3n) is 2.96. The number of carbonyl (C=O) groups is 1. The Morgan fingerprint density at radius 3 is 1.79 bits per heavy atom. The summed E-state index contributed by atoms with van der Waals surface area (Å²) in [7, 11) is 3.91. The molecule has 0 saturated heterocycles. The molecule has 0 heterocycles. The van der Waals surface area contributed by atoms with Crippen molar-refractivity contribution in [2.45, 2.75) is 59.0 Å². The van der Waals surface area contributed by atoms with E-state index >= 15 is 0 Å². The fourth-order valence-corrected chi connectivity index (χ4v) is 2.31. The Bertz CT molecular complexity index is 261. The minimum Gasteiger partial charge on any atom is -0.464 e. The summed E-state index contributed by atoms with van der Waals surface area (Å²) in [5.41, 5.74) is 0.128. The molecule has 0 spiro atoms. The maximum Gasteiger partial charge on any atom is 0.307 e. The lowest BCUT2D eigenvalue weighted by Crippen LogP contribution is -2.53. The zero-order valence-electron chi connectivity index (χ0n) is 14.0. The van der Waals surface area contributed by atoms with Gasteiger partial charge in [-0.15, -0.1) is 0 Å². The number of nitrogens with zero attached hydrogens (tertiary/aromatic N) is 2. The van der Waals surface area contributed by atoms with Gasteiger partial charge in [0, 0.05) is 24.2 Å². The lowest BCUT2D eigenvalue weighted by Gasteiger charge is -2.45. The van der Waals surface area contributed by atoms with E-state index in [2.05, 4.69) is 46.4 Å². The van der Waals surface area contributed by atoms with Crippen LogP contribution in [0.1, 0.15) is 48.0 Å². The van der Waals surface area contributed by atoms with Crippen LogP contribution in [0.5, 0.6) is 0 Å². The van der Waals surface area contributed by atoms with Gasteiger partial charge in [-0.05, 0) is 55.6 Å². The van der Waals surface area contributed by atoms with Crippen LogP contribution >= 0.6 is 0 Å². The van der Waals surface area contributed by atoms with E-state index in [0.717, 1.165) is 13.1 Å². The Morgan fingerprint density at radius 2 is 1.42 bits per heavy atom. The highest BCUT2D eigenvalue weighted by molar-refractivity contribution is 5.69. The fraction of sp³-hybridized carbons (Fsp3) is 0.933. The van der Waals surface area contributed by atoms with Crippen LogP contribution < -0.4 is 0 Å². The minimum atomic E-state index is -0.114. The first kappa shape index (κ1) is 18.4. The Morgan fingerprint density at radius 1 is 0.947 bits per heavy atom. The lowest BCUT2D eigenvalue weighted by atomic mass is 9.96. The lowest BCUT2D eigenvalue weighted by molar-refractivity contribution is -0.145. The van der Waals surface area contributed by atoms with E-state index < -0.39 is 0 Å². The smallest absolute Gasteiger partial charge is 0.307 e. The van der Waals surface area contributed by atoms with Crippen molar-refractivity contribution in [3.63, 3.8) is 0 Å². The normalized spacial score (nSPS) is 13.2. The summed E-state index contributed by atoms with van der Waals surface area (Å²) in [6, 6.07) is 0. The largest absolute Gasteiger partial charge is 0.464 e. The van der Waals surface area contributed by atoms with Crippen LogP contribution in [0.4, 0.5) is 0 Å². The molecule has 19 heavy (non-hydrogen) atoms. The summed E-state index contributed by atoms with van der Waals surface area (Å²) < 4.78 is 5.31. The second-order valence-electron chi connectivity index (χ2n) is 7.27. The van der Waals surface area contributed by atoms with Gasteiger partial charge in [-0.1, -0.05) is 0 Å². The second kappa shape index (κ2) is 7.25. The molecule has 4 heteroatoms. The van der Waals surface area contributed by atoms with E-state index in [4.69, 9.17) is 4.74 Å². The van der Waals surface area contributed by atoms with Crippen LogP contribution in [-0.4, -0.2) is 60.6 Å². The maximum atomic E-state index is 11.6. The Balaban J connectivity index is 4.18. The number of rotatable bonds is 6. The molecule has 0 aromatic carbocycles. The molecule has 0 fully saturated rings. The van der Waals surface area contributed by atoms with Crippen molar-refractivity contribution < 1.29 is 9.53 Å². The molecule has 4 nitrogen and oxygen atoms in total. The number of carbonyl (C=O) groups excluding carboxylic acids is 1. The minimum absolute atomic E-state index is 0.0638. The second-order valence-corrected chi connectivity index (χ2v) is 7.27. The summed E-state index contributed by atoms with van der Waals surface area (Å²) in [6.45, 7) is 15.1. The van der Waals surface area contributed by atoms with Gasteiger partial charge >= 0.3 is 5.97 Å². The van der Waals surface area contributed by atoms with Gasteiger partial charge in [0.25, 0.3) is 0 Å². The van der Waals surface area contributed by atoms with Crippen molar-refractivity contribution in [3.8, 4) is 0 Å². The summed E-state index contributed by atoms with van der Waals surface area (Å²) in [5.74, 6) is -0.114. The molecular weight excluding hydrogens is 240 g/mol. The van der Waals surface area contributed by atoms with Crippen LogP contribution in [0.15, 0.2) is 0 Å². The fourth-order valence-electron chi connectivity index (χ4n) is 2.31. The summed E-state index contributed by atoms with van der Waals surface area (Å²) in [4.78, 5) is 15.9. The van der Waals surface area contributed by atoms with E-state index in [0.29, 0.717) is 13.0 Å². The molecule has 0 rings (SSSR count). The average molecular weight is 272 g/mol. The zero-order valence-corrected chi connectivity index (χ0v) is 14.0. The Kier molecular flexibility index (Phi) is 7.01. The van der Waals surface area contributed by atoms with Gasteiger partial charge in [-0.25, -0.2) is 0 Å².